The molecule has 0 saturated heterocycles. The molecule has 0 unspecified atom stereocenters. The highest BCUT2D eigenvalue weighted by Crippen LogP contribution is 2.24. The molecule has 2 aromatic heterocycles. The molecule has 0 atom stereocenters. The summed E-state index contributed by atoms with van der Waals surface area (Å²) in [4.78, 5) is 0. The number of nitrogens with zero attached hydrogens (tertiary/aromatic N) is 6. The van der Waals surface area contributed by atoms with Crippen molar-refractivity contribution in [1.82, 2.24) is 30.0 Å². The van der Waals surface area contributed by atoms with Gasteiger partial charge in [0, 0.05) is 18.3 Å². The average molecular weight is 283 g/mol. The lowest BCUT2D eigenvalue weighted by Gasteiger charge is -2.06. The van der Waals surface area contributed by atoms with Gasteiger partial charge in [-0.05, 0) is 35.4 Å². The summed E-state index contributed by atoms with van der Waals surface area (Å²) >= 11 is 0. The van der Waals surface area contributed by atoms with Gasteiger partial charge >= 0.3 is 0 Å². The second kappa shape index (κ2) is 5.01. The van der Waals surface area contributed by atoms with E-state index in [4.69, 9.17) is 5.73 Å². The Morgan fingerprint density at radius 3 is 2.81 bits per heavy atom. The van der Waals surface area contributed by atoms with Gasteiger partial charge in [-0.2, -0.15) is 9.78 Å². The first kappa shape index (κ1) is 13.3. The molecule has 0 radical (unpaired) electrons. The molecule has 3 rings (SSSR count). The van der Waals surface area contributed by atoms with E-state index in [1.807, 2.05) is 38.4 Å². The Balaban J connectivity index is 2.14. The van der Waals surface area contributed by atoms with Crippen LogP contribution in [0.5, 0.6) is 0 Å². The van der Waals surface area contributed by atoms with Gasteiger partial charge in [0.05, 0.1) is 11.9 Å². The Hall–Kier alpha value is -2.70. The van der Waals surface area contributed by atoms with E-state index in [1.54, 1.807) is 9.36 Å². The standard InChI is InChI=1S/C14H17N7/c1-4-12-13(8-20(3)17-12)21-14(16-18-19-21)10-6-5-9(2)11(15)7-10/h5-8H,4,15H2,1-3H3. The van der Waals surface area contributed by atoms with Crippen molar-refractivity contribution in [1.29, 1.82) is 0 Å². The maximum absolute atomic E-state index is 5.98. The third kappa shape index (κ3) is 2.26. The Bertz CT molecular complexity index is 784. The van der Waals surface area contributed by atoms with Crippen molar-refractivity contribution >= 4 is 5.69 Å². The largest absolute Gasteiger partial charge is 0.398 e. The summed E-state index contributed by atoms with van der Waals surface area (Å²) in [5.74, 6) is 0.657. The van der Waals surface area contributed by atoms with Crippen LogP contribution in [0.1, 0.15) is 18.2 Å². The molecular formula is C14H17N7. The lowest BCUT2D eigenvalue weighted by atomic mass is 10.1. The van der Waals surface area contributed by atoms with Gasteiger partial charge in [-0.15, -0.1) is 5.10 Å². The zero-order valence-electron chi connectivity index (χ0n) is 12.3. The van der Waals surface area contributed by atoms with Gasteiger partial charge in [-0.25, -0.2) is 0 Å². The van der Waals surface area contributed by atoms with Gasteiger partial charge in [0.15, 0.2) is 5.82 Å². The van der Waals surface area contributed by atoms with Crippen molar-refractivity contribution in [2.45, 2.75) is 20.3 Å². The van der Waals surface area contributed by atoms with Gasteiger partial charge in [0.25, 0.3) is 0 Å². The van der Waals surface area contributed by atoms with Crippen LogP contribution in [0.25, 0.3) is 17.1 Å². The van der Waals surface area contributed by atoms with E-state index in [0.717, 1.165) is 34.6 Å². The predicted molar refractivity (Wildman–Crippen MR) is 79.9 cm³/mol. The maximum Gasteiger partial charge on any atom is 0.187 e. The number of hydrogen-bond donors (Lipinski definition) is 1. The van der Waals surface area contributed by atoms with E-state index in [0.29, 0.717) is 5.82 Å². The van der Waals surface area contributed by atoms with Crippen molar-refractivity contribution in [3.63, 3.8) is 0 Å². The molecule has 3 aromatic rings. The number of tetrazole rings is 1. The number of hydrogen-bond acceptors (Lipinski definition) is 5. The van der Waals surface area contributed by atoms with Crippen LogP contribution in [0, 0.1) is 6.92 Å². The van der Waals surface area contributed by atoms with E-state index in [9.17, 15) is 0 Å². The lowest BCUT2D eigenvalue weighted by Crippen LogP contribution is -2.02. The number of rotatable bonds is 3. The number of aryl methyl sites for hydroxylation is 3. The fraction of sp³-hybridized carbons (Fsp3) is 0.286. The van der Waals surface area contributed by atoms with Crippen molar-refractivity contribution in [2.75, 3.05) is 5.73 Å². The van der Waals surface area contributed by atoms with Crippen LogP contribution in [0.15, 0.2) is 24.4 Å². The van der Waals surface area contributed by atoms with Crippen LogP contribution in [0.2, 0.25) is 0 Å². The molecule has 7 nitrogen and oxygen atoms in total. The fourth-order valence-electron chi connectivity index (χ4n) is 2.26. The number of anilines is 1. The van der Waals surface area contributed by atoms with Crippen LogP contribution in [-0.2, 0) is 13.5 Å². The van der Waals surface area contributed by atoms with Gasteiger partial charge < -0.3 is 5.73 Å². The first-order valence-electron chi connectivity index (χ1n) is 6.78. The van der Waals surface area contributed by atoms with E-state index >= 15 is 0 Å². The Kier molecular flexibility index (Phi) is 3.17. The van der Waals surface area contributed by atoms with E-state index in [-0.39, 0.29) is 0 Å². The minimum atomic E-state index is 0.657. The van der Waals surface area contributed by atoms with Crippen LogP contribution < -0.4 is 5.73 Å². The Morgan fingerprint density at radius 1 is 1.29 bits per heavy atom. The third-order valence-electron chi connectivity index (χ3n) is 3.45. The zero-order valence-corrected chi connectivity index (χ0v) is 12.3. The number of aromatic nitrogens is 6. The summed E-state index contributed by atoms with van der Waals surface area (Å²) in [6.07, 6.45) is 2.72. The topological polar surface area (TPSA) is 87.4 Å². The smallest absolute Gasteiger partial charge is 0.187 e. The molecule has 0 saturated carbocycles. The monoisotopic (exact) mass is 283 g/mol. The molecule has 0 spiro atoms. The summed E-state index contributed by atoms with van der Waals surface area (Å²) in [6, 6.07) is 5.82. The van der Waals surface area contributed by atoms with Crippen molar-refractivity contribution in [2.24, 2.45) is 7.05 Å². The van der Waals surface area contributed by atoms with E-state index in [2.05, 4.69) is 27.5 Å². The highest BCUT2D eigenvalue weighted by Gasteiger charge is 2.16. The summed E-state index contributed by atoms with van der Waals surface area (Å²) in [5, 5.41) is 16.4. The minimum Gasteiger partial charge on any atom is -0.398 e. The molecule has 0 amide bonds. The van der Waals surface area contributed by atoms with Gasteiger partial charge in [0.1, 0.15) is 5.69 Å². The van der Waals surface area contributed by atoms with Crippen molar-refractivity contribution in [3.8, 4) is 17.1 Å². The normalized spacial score (nSPS) is 11.0. The molecule has 2 heterocycles. The van der Waals surface area contributed by atoms with Crippen LogP contribution in [0.3, 0.4) is 0 Å². The first-order valence-corrected chi connectivity index (χ1v) is 6.78. The quantitative estimate of drug-likeness (QED) is 0.736. The van der Waals surface area contributed by atoms with Crippen molar-refractivity contribution < 1.29 is 0 Å². The zero-order chi connectivity index (χ0) is 15.0. The molecule has 7 heteroatoms. The highest BCUT2D eigenvalue weighted by molar-refractivity contribution is 5.64. The maximum atomic E-state index is 5.98. The predicted octanol–water partition coefficient (Wildman–Crippen LogP) is 1.52. The molecule has 2 N–H and O–H groups in total. The molecule has 1 aromatic carbocycles. The van der Waals surface area contributed by atoms with Crippen LogP contribution >= 0.6 is 0 Å². The Labute approximate surface area is 122 Å². The third-order valence-corrected chi connectivity index (χ3v) is 3.45. The van der Waals surface area contributed by atoms with E-state index < -0.39 is 0 Å². The summed E-state index contributed by atoms with van der Waals surface area (Å²) in [7, 11) is 1.89. The molecule has 21 heavy (non-hydrogen) atoms. The fourth-order valence-corrected chi connectivity index (χ4v) is 2.26. The van der Waals surface area contributed by atoms with Gasteiger partial charge in [-0.3, -0.25) is 4.68 Å². The highest BCUT2D eigenvalue weighted by atomic mass is 15.5. The second-order valence-electron chi connectivity index (χ2n) is 4.97. The van der Waals surface area contributed by atoms with Gasteiger partial charge in [0.2, 0.25) is 0 Å². The summed E-state index contributed by atoms with van der Waals surface area (Å²) in [6.45, 7) is 4.03. The van der Waals surface area contributed by atoms with Crippen LogP contribution in [-0.4, -0.2) is 30.0 Å². The average Bonchev–Trinajstić information content (AvgIpc) is 3.07. The molecule has 108 valence electrons. The number of nitrogens with two attached hydrogens (primary N) is 1. The first-order chi connectivity index (χ1) is 10.1. The Morgan fingerprint density at radius 2 is 2.10 bits per heavy atom. The molecule has 0 aliphatic rings. The lowest BCUT2D eigenvalue weighted by molar-refractivity contribution is 0.746. The van der Waals surface area contributed by atoms with Crippen molar-refractivity contribution in [3.05, 3.63) is 35.7 Å². The molecular weight excluding hydrogens is 266 g/mol. The molecule has 0 aliphatic heterocycles. The molecule has 0 fully saturated rings. The number of benzene rings is 1. The molecule has 0 aliphatic carbocycles. The summed E-state index contributed by atoms with van der Waals surface area (Å²) in [5.41, 5.74) is 10.5. The molecule has 0 bridgehead atoms. The number of nitrogen functional groups attached to an aromatic ring is 1. The van der Waals surface area contributed by atoms with Crippen LogP contribution in [0.4, 0.5) is 5.69 Å². The summed E-state index contributed by atoms with van der Waals surface area (Å²) < 4.78 is 3.47. The van der Waals surface area contributed by atoms with Gasteiger partial charge in [-0.1, -0.05) is 19.1 Å². The second-order valence-corrected chi connectivity index (χ2v) is 4.97. The minimum absolute atomic E-state index is 0.657. The SMILES string of the molecule is CCc1nn(C)cc1-n1nnnc1-c1ccc(C)c(N)c1. The van der Waals surface area contributed by atoms with E-state index in [1.165, 1.54) is 0 Å².